The lowest BCUT2D eigenvalue weighted by Crippen LogP contribution is -2.00. The highest BCUT2D eigenvalue weighted by Crippen LogP contribution is 2.34. The Balaban J connectivity index is 2.27. The van der Waals surface area contributed by atoms with Crippen LogP contribution in [0.5, 0.6) is 0 Å². The van der Waals surface area contributed by atoms with Crippen molar-refractivity contribution < 1.29 is 0 Å². The Morgan fingerprint density at radius 3 is 2.76 bits per heavy atom. The number of aromatic nitrogens is 4. The van der Waals surface area contributed by atoms with Crippen molar-refractivity contribution in [3.63, 3.8) is 0 Å². The Hall–Kier alpha value is -1.07. The smallest absolute Gasteiger partial charge is 0.128 e. The maximum atomic E-state index is 4.77. The SMILES string of the molecule is CCc1ncc(CC)c(-c2cccc3c2cnn3PI)n1. The third-order valence-electron chi connectivity index (χ3n) is 3.56. The van der Waals surface area contributed by atoms with Gasteiger partial charge in [-0.15, -0.1) is 0 Å². The monoisotopic (exact) mass is 410 g/mol. The van der Waals surface area contributed by atoms with Crippen LogP contribution in [0.15, 0.2) is 30.6 Å². The summed E-state index contributed by atoms with van der Waals surface area (Å²) >= 11 is 2.35. The van der Waals surface area contributed by atoms with Crippen molar-refractivity contribution >= 4 is 39.3 Å². The van der Waals surface area contributed by atoms with Crippen LogP contribution in [0.1, 0.15) is 25.2 Å². The zero-order valence-electron chi connectivity index (χ0n) is 12.0. The van der Waals surface area contributed by atoms with Gasteiger partial charge in [-0.1, -0.05) is 26.0 Å². The molecule has 0 saturated heterocycles. The zero-order valence-corrected chi connectivity index (χ0v) is 15.1. The molecule has 3 rings (SSSR count). The number of halogens is 1. The van der Waals surface area contributed by atoms with Crippen molar-refractivity contribution in [1.29, 1.82) is 0 Å². The average molecular weight is 410 g/mol. The van der Waals surface area contributed by atoms with Gasteiger partial charge in [0.1, 0.15) is 5.82 Å². The first kappa shape index (κ1) is 14.9. The van der Waals surface area contributed by atoms with Crippen LogP contribution in [0.3, 0.4) is 0 Å². The second-order valence-electron chi connectivity index (χ2n) is 4.75. The van der Waals surface area contributed by atoms with E-state index in [9.17, 15) is 0 Å². The maximum Gasteiger partial charge on any atom is 0.128 e. The molecular weight excluding hydrogens is 394 g/mol. The highest BCUT2D eigenvalue weighted by atomic mass is 127. The summed E-state index contributed by atoms with van der Waals surface area (Å²) in [7, 11) is 0. The van der Waals surface area contributed by atoms with E-state index in [0.717, 1.165) is 35.3 Å². The highest BCUT2D eigenvalue weighted by Gasteiger charge is 2.13. The van der Waals surface area contributed by atoms with E-state index < -0.39 is 0 Å². The van der Waals surface area contributed by atoms with Crippen LogP contribution >= 0.6 is 28.4 Å². The van der Waals surface area contributed by atoms with Gasteiger partial charge in [-0.2, -0.15) is 5.10 Å². The van der Waals surface area contributed by atoms with Crippen molar-refractivity contribution in [2.24, 2.45) is 0 Å². The van der Waals surface area contributed by atoms with Crippen molar-refractivity contribution in [2.45, 2.75) is 26.7 Å². The Bertz CT molecular complexity index is 784. The van der Waals surface area contributed by atoms with E-state index in [1.165, 1.54) is 11.1 Å². The van der Waals surface area contributed by atoms with Crippen molar-refractivity contribution in [3.05, 3.63) is 42.0 Å². The van der Waals surface area contributed by atoms with Crippen LogP contribution in [-0.4, -0.2) is 19.5 Å². The van der Waals surface area contributed by atoms with E-state index in [1.54, 1.807) is 0 Å². The first-order valence-corrected chi connectivity index (χ1v) is 11.0. The molecule has 0 N–H and O–H groups in total. The fraction of sp³-hybridized carbons (Fsp3) is 0.267. The van der Waals surface area contributed by atoms with Crippen LogP contribution in [0.25, 0.3) is 22.2 Å². The second kappa shape index (κ2) is 6.36. The molecule has 4 nitrogen and oxygen atoms in total. The fourth-order valence-electron chi connectivity index (χ4n) is 2.43. The standard InChI is InChI=1S/C15H16IN4P/c1-3-10-8-17-14(4-2)19-15(10)11-6-5-7-13-12(11)9-18-20(13)21-16/h5-9,21H,3-4H2,1-2H3. The lowest BCUT2D eigenvalue weighted by molar-refractivity contribution is 0.919. The zero-order chi connectivity index (χ0) is 14.8. The van der Waals surface area contributed by atoms with Crippen LogP contribution in [-0.2, 0) is 12.8 Å². The van der Waals surface area contributed by atoms with Crippen molar-refractivity contribution in [2.75, 3.05) is 0 Å². The van der Waals surface area contributed by atoms with Gasteiger partial charge in [-0.05, 0) is 40.1 Å². The van der Waals surface area contributed by atoms with Gasteiger partial charge in [-0.3, -0.25) is 0 Å². The largest absolute Gasteiger partial charge is 0.241 e. The number of hydrogen-bond acceptors (Lipinski definition) is 3. The molecule has 0 amide bonds. The fourth-order valence-corrected chi connectivity index (χ4v) is 3.97. The van der Waals surface area contributed by atoms with Gasteiger partial charge >= 0.3 is 0 Å². The molecule has 0 aliphatic carbocycles. The molecule has 0 aliphatic heterocycles. The summed E-state index contributed by atoms with van der Waals surface area (Å²) in [5.74, 6) is 0.891. The van der Waals surface area contributed by atoms with Gasteiger partial charge in [0.05, 0.1) is 23.8 Å². The maximum absolute atomic E-state index is 4.77. The number of fused-ring (bicyclic) bond motifs is 1. The average Bonchev–Trinajstić information content (AvgIpc) is 2.97. The van der Waals surface area contributed by atoms with Crippen LogP contribution < -0.4 is 0 Å². The minimum Gasteiger partial charge on any atom is -0.241 e. The van der Waals surface area contributed by atoms with E-state index in [0.29, 0.717) is 6.37 Å². The first-order valence-electron chi connectivity index (χ1n) is 6.97. The molecule has 0 aliphatic rings. The molecule has 1 aromatic carbocycles. The van der Waals surface area contributed by atoms with Crippen LogP contribution in [0.4, 0.5) is 0 Å². The second-order valence-corrected chi connectivity index (χ2v) is 6.79. The Morgan fingerprint density at radius 2 is 2.05 bits per heavy atom. The van der Waals surface area contributed by atoms with Gasteiger partial charge in [0.25, 0.3) is 0 Å². The van der Waals surface area contributed by atoms with Crippen molar-refractivity contribution in [1.82, 2.24) is 19.5 Å². The molecule has 108 valence electrons. The Kier molecular flexibility index (Phi) is 4.50. The van der Waals surface area contributed by atoms with Crippen LogP contribution in [0.2, 0.25) is 0 Å². The number of aryl methyl sites for hydroxylation is 2. The highest BCUT2D eigenvalue weighted by molar-refractivity contribution is 14.2. The first-order chi connectivity index (χ1) is 10.3. The van der Waals surface area contributed by atoms with E-state index in [2.05, 4.69) is 64.2 Å². The molecule has 2 heterocycles. The summed E-state index contributed by atoms with van der Waals surface area (Å²) in [4.78, 5) is 9.19. The van der Waals surface area contributed by atoms with E-state index >= 15 is 0 Å². The predicted octanol–water partition coefficient (Wildman–Crippen LogP) is 4.41. The third kappa shape index (κ3) is 2.69. The van der Waals surface area contributed by atoms with Crippen LogP contribution in [0, 0.1) is 0 Å². The van der Waals surface area contributed by atoms with E-state index in [1.807, 2.05) is 16.8 Å². The predicted molar refractivity (Wildman–Crippen MR) is 97.2 cm³/mol. The summed E-state index contributed by atoms with van der Waals surface area (Å²) in [5.41, 5.74) is 4.55. The number of nitrogens with zero attached hydrogens (tertiary/aromatic N) is 4. The molecule has 0 spiro atoms. The summed E-state index contributed by atoms with van der Waals surface area (Å²) in [5, 5.41) is 5.64. The molecule has 0 radical (unpaired) electrons. The normalized spacial score (nSPS) is 11.8. The topological polar surface area (TPSA) is 43.6 Å². The minimum atomic E-state index is 0.600. The Labute approximate surface area is 138 Å². The minimum absolute atomic E-state index is 0.600. The Morgan fingerprint density at radius 1 is 1.19 bits per heavy atom. The summed E-state index contributed by atoms with van der Waals surface area (Å²) < 4.78 is 2.03. The molecule has 2 aromatic heterocycles. The molecule has 0 bridgehead atoms. The summed E-state index contributed by atoms with van der Waals surface area (Å²) in [6.45, 7) is 4.23. The molecule has 1 atom stereocenters. The molecular formula is C15H16IN4P. The molecule has 21 heavy (non-hydrogen) atoms. The van der Waals surface area contributed by atoms with E-state index in [4.69, 9.17) is 4.98 Å². The summed E-state index contributed by atoms with van der Waals surface area (Å²) in [6.07, 6.45) is 6.29. The van der Waals surface area contributed by atoms with Crippen molar-refractivity contribution in [3.8, 4) is 11.3 Å². The van der Waals surface area contributed by atoms with Gasteiger partial charge in [0.2, 0.25) is 0 Å². The number of hydrogen-bond donors (Lipinski definition) is 0. The lowest BCUT2D eigenvalue weighted by atomic mass is 10.0. The van der Waals surface area contributed by atoms with Gasteiger partial charge in [0.15, 0.2) is 0 Å². The summed E-state index contributed by atoms with van der Waals surface area (Å²) in [6, 6.07) is 6.33. The van der Waals surface area contributed by atoms with Gasteiger partial charge in [-0.25, -0.2) is 14.4 Å². The van der Waals surface area contributed by atoms with E-state index in [-0.39, 0.29) is 0 Å². The molecule has 0 saturated carbocycles. The molecule has 0 fully saturated rings. The number of benzene rings is 1. The quantitative estimate of drug-likeness (QED) is 0.473. The molecule has 3 aromatic rings. The third-order valence-corrected chi connectivity index (χ3v) is 5.45. The molecule has 1 unspecified atom stereocenters. The molecule has 6 heteroatoms. The van der Waals surface area contributed by atoms with Gasteiger partial charge in [0, 0.05) is 23.6 Å². The van der Waals surface area contributed by atoms with Gasteiger partial charge < -0.3 is 0 Å². The lowest BCUT2D eigenvalue weighted by Gasteiger charge is -2.09. The number of rotatable bonds is 4.